The number of aliphatic carboxylic acids is 1. The molecule has 0 amide bonds. The van der Waals surface area contributed by atoms with Crippen molar-refractivity contribution in [2.45, 2.75) is 35.3 Å². The second-order valence-electron chi connectivity index (χ2n) is 4.06. The maximum atomic E-state index is 11.4. The first-order valence-electron chi connectivity index (χ1n) is 5.30. The van der Waals surface area contributed by atoms with E-state index in [9.17, 15) is 9.90 Å². The van der Waals surface area contributed by atoms with Crippen LogP contribution in [0.15, 0.2) is 33.6 Å². The van der Waals surface area contributed by atoms with Crippen molar-refractivity contribution in [1.29, 1.82) is 0 Å². The van der Waals surface area contributed by atoms with E-state index in [-0.39, 0.29) is 0 Å². The largest absolute Gasteiger partial charge is 0.480 e. The van der Waals surface area contributed by atoms with E-state index >= 15 is 0 Å². The smallest absolute Gasteiger partial charge is 0.320 e. The molecular weight excluding hydrogens is 288 g/mol. The highest BCUT2D eigenvalue weighted by Crippen LogP contribution is 2.45. The first kappa shape index (κ1) is 12.0. The highest BCUT2D eigenvalue weighted by atomic mass is 79.9. The van der Waals surface area contributed by atoms with Crippen LogP contribution in [0.1, 0.15) is 25.7 Å². The van der Waals surface area contributed by atoms with Gasteiger partial charge in [0.25, 0.3) is 0 Å². The van der Waals surface area contributed by atoms with Crippen molar-refractivity contribution in [3.05, 3.63) is 28.7 Å². The molecule has 1 aromatic carbocycles. The molecular formula is C12H13BrO2S. The van der Waals surface area contributed by atoms with Gasteiger partial charge in [0.2, 0.25) is 0 Å². The fourth-order valence-corrected chi connectivity index (χ4v) is 3.60. The van der Waals surface area contributed by atoms with Gasteiger partial charge in [-0.15, -0.1) is 11.8 Å². The molecule has 0 aliphatic heterocycles. The number of benzene rings is 1. The van der Waals surface area contributed by atoms with E-state index in [1.165, 1.54) is 11.8 Å². The van der Waals surface area contributed by atoms with Crippen molar-refractivity contribution >= 4 is 33.7 Å². The van der Waals surface area contributed by atoms with Gasteiger partial charge in [0.05, 0.1) is 0 Å². The summed E-state index contributed by atoms with van der Waals surface area (Å²) in [6.07, 6.45) is 3.61. The third kappa shape index (κ3) is 2.43. The van der Waals surface area contributed by atoms with E-state index in [4.69, 9.17) is 0 Å². The standard InChI is InChI=1S/C12H13BrO2S/c13-9-3-5-10(6-4-9)16-12(11(14)15)7-1-2-8-12/h3-6H,1-2,7-8H2,(H,14,15). The van der Waals surface area contributed by atoms with E-state index in [0.29, 0.717) is 0 Å². The van der Waals surface area contributed by atoms with Gasteiger partial charge in [-0.05, 0) is 37.1 Å². The summed E-state index contributed by atoms with van der Waals surface area (Å²) < 4.78 is 0.432. The maximum Gasteiger partial charge on any atom is 0.320 e. The second-order valence-corrected chi connectivity index (χ2v) is 6.44. The van der Waals surface area contributed by atoms with Gasteiger partial charge in [-0.1, -0.05) is 28.8 Å². The minimum atomic E-state index is -0.669. The molecule has 16 heavy (non-hydrogen) atoms. The van der Waals surface area contributed by atoms with Gasteiger partial charge < -0.3 is 5.11 Å². The van der Waals surface area contributed by atoms with Crippen LogP contribution in [0.3, 0.4) is 0 Å². The lowest BCUT2D eigenvalue weighted by atomic mass is 10.1. The zero-order valence-corrected chi connectivity index (χ0v) is 11.2. The van der Waals surface area contributed by atoms with E-state index in [1.54, 1.807) is 0 Å². The molecule has 0 unspecified atom stereocenters. The molecule has 0 saturated heterocycles. The molecule has 0 atom stereocenters. The minimum Gasteiger partial charge on any atom is -0.480 e. The number of carboxylic acid groups (broad SMARTS) is 1. The lowest BCUT2D eigenvalue weighted by Gasteiger charge is -2.22. The number of carboxylic acids is 1. The Balaban J connectivity index is 2.18. The topological polar surface area (TPSA) is 37.3 Å². The number of carbonyl (C=O) groups is 1. The van der Waals surface area contributed by atoms with E-state index < -0.39 is 10.7 Å². The molecule has 1 N–H and O–H groups in total. The normalized spacial score (nSPS) is 18.6. The zero-order valence-electron chi connectivity index (χ0n) is 8.78. The molecule has 0 bridgehead atoms. The summed E-state index contributed by atoms with van der Waals surface area (Å²) in [5.41, 5.74) is 0. The van der Waals surface area contributed by atoms with Crippen LogP contribution in [-0.2, 0) is 4.79 Å². The molecule has 2 nitrogen and oxygen atoms in total. The molecule has 1 aliphatic rings. The van der Waals surface area contributed by atoms with Crippen LogP contribution >= 0.6 is 27.7 Å². The molecule has 86 valence electrons. The van der Waals surface area contributed by atoms with Crippen molar-refractivity contribution in [1.82, 2.24) is 0 Å². The molecule has 0 aromatic heterocycles. The van der Waals surface area contributed by atoms with Crippen LogP contribution in [0, 0.1) is 0 Å². The van der Waals surface area contributed by atoms with Crippen molar-refractivity contribution < 1.29 is 9.90 Å². The lowest BCUT2D eigenvalue weighted by molar-refractivity contribution is -0.139. The molecule has 1 aromatic rings. The number of hydrogen-bond donors (Lipinski definition) is 1. The minimum absolute atomic E-state index is 0.589. The molecule has 0 spiro atoms. The van der Waals surface area contributed by atoms with Crippen molar-refractivity contribution in [3.8, 4) is 0 Å². The van der Waals surface area contributed by atoms with Crippen LogP contribution in [-0.4, -0.2) is 15.8 Å². The monoisotopic (exact) mass is 300 g/mol. The van der Waals surface area contributed by atoms with Crippen LogP contribution in [0.5, 0.6) is 0 Å². The maximum absolute atomic E-state index is 11.4. The lowest BCUT2D eigenvalue weighted by Crippen LogP contribution is -2.31. The van der Waals surface area contributed by atoms with Crippen LogP contribution in [0.2, 0.25) is 0 Å². The Kier molecular flexibility index (Phi) is 3.60. The highest BCUT2D eigenvalue weighted by molar-refractivity contribution is 9.10. The summed E-state index contributed by atoms with van der Waals surface area (Å²) in [7, 11) is 0. The van der Waals surface area contributed by atoms with Crippen molar-refractivity contribution in [2.24, 2.45) is 0 Å². The number of thioether (sulfide) groups is 1. The van der Waals surface area contributed by atoms with Gasteiger partial charge in [0.1, 0.15) is 4.75 Å². The molecule has 1 fully saturated rings. The van der Waals surface area contributed by atoms with E-state index in [0.717, 1.165) is 35.1 Å². The van der Waals surface area contributed by atoms with Crippen LogP contribution in [0.25, 0.3) is 0 Å². The number of rotatable bonds is 3. The average Bonchev–Trinajstić information content (AvgIpc) is 2.71. The molecule has 0 heterocycles. The summed E-state index contributed by atoms with van der Waals surface area (Å²) in [4.78, 5) is 12.4. The zero-order chi connectivity index (χ0) is 11.6. The summed E-state index contributed by atoms with van der Waals surface area (Å²) >= 11 is 4.87. The average molecular weight is 301 g/mol. The van der Waals surface area contributed by atoms with Gasteiger partial charge in [0, 0.05) is 9.37 Å². The summed E-state index contributed by atoms with van der Waals surface area (Å²) in [6.45, 7) is 0. The number of halogens is 1. The third-order valence-electron chi connectivity index (χ3n) is 2.93. The van der Waals surface area contributed by atoms with Gasteiger partial charge in [-0.3, -0.25) is 4.79 Å². The van der Waals surface area contributed by atoms with Gasteiger partial charge in [-0.25, -0.2) is 0 Å². The first-order valence-corrected chi connectivity index (χ1v) is 6.91. The van der Waals surface area contributed by atoms with Crippen LogP contribution < -0.4 is 0 Å². The Morgan fingerprint density at radius 1 is 1.25 bits per heavy atom. The molecule has 4 heteroatoms. The fourth-order valence-electron chi connectivity index (χ4n) is 2.03. The van der Waals surface area contributed by atoms with Gasteiger partial charge in [-0.2, -0.15) is 0 Å². The summed E-state index contributed by atoms with van der Waals surface area (Å²) in [5, 5.41) is 9.35. The van der Waals surface area contributed by atoms with Gasteiger partial charge >= 0.3 is 5.97 Å². The highest BCUT2D eigenvalue weighted by Gasteiger charge is 2.42. The molecule has 2 rings (SSSR count). The predicted molar refractivity (Wildman–Crippen MR) is 68.8 cm³/mol. The molecule has 1 aliphatic carbocycles. The van der Waals surface area contributed by atoms with Gasteiger partial charge in [0.15, 0.2) is 0 Å². The Bertz CT molecular complexity index is 383. The third-order valence-corrected chi connectivity index (χ3v) is 4.94. The second kappa shape index (κ2) is 4.80. The quantitative estimate of drug-likeness (QED) is 0.919. The molecule has 0 radical (unpaired) electrons. The number of hydrogen-bond acceptors (Lipinski definition) is 2. The summed E-state index contributed by atoms with van der Waals surface area (Å²) in [6, 6.07) is 7.84. The van der Waals surface area contributed by atoms with Crippen LogP contribution in [0.4, 0.5) is 0 Å². The van der Waals surface area contributed by atoms with Crippen molar-refractivity contribution in [3.63, 3.8) is 0 Å². The van der Waals surface area contributed by atoms with Crippen molar-refractivity contribution in [2.75, 3.05) is 0 Å². The fraction of sp³-hybridized carbons (Fsp3) is 0.417. The summed E-state index contributed by atoms with van der Waals surface area (Å²) in [5.74, 6) is -0.669. The van der Waals surface area contributed by atoms with E-state index in [1.807, 2.05) is 24.3 Å². The Morgan fingerprint density at radius 2 is 1.81 bits per heavy atom. The van der Waals surface area contributed by atoms with E-state index in [2.05, 4.69) is 15.9 Å². The Labute approximate surface area is 108 Å². The predicted octanol–water partition coefficient (Wildman–Crippen LogP) is 3.94. The first-order chi connectivity index (χ1) is 7.62. The molecule has 1 saturated carbocycles. The SMILES string of the molecule is O=C(O)C1(Sc2ccc(Br)cc2)CCCC1. The Hall–Kier alpha value is -0.480. The Morgan fingerprint density at radius 3 is 2.31 bits per heavy atom.